The molecule has 0 unspecified atom stereocenters. The highest BCUT2D eigenvalue weighted by atomic mass is 79.9. The van der Waals surface area contributed by atoms with Crippen LogP contribution in [0.5, 0.6) is 11.5 Å². The molecule has 1 aliphatic rings. The fourth-order valence-corrected chi connectivity index (χ4v) is 5.90. The quantitative estimate of drug-likeness (QED) is 0.581. The van der Waals surface area contributed by atoms with Gasteiger partial charge in [-0.1, -0.05) is 35.2 Å². The summed E-state index contributed by atoms with van der Waals surface area (Å²) in [6.45, 7) is 0. The van der Waals surface area contributed by atoms with E-state index in [1.54, 1.807) is 0 Å². The number of rotatable bonds is 5. The van der Waals surface area contributed by atoms with Gasteiger partial charge in [0, 0.05) is 10.0 Å². The molecule has 1 saturated carbocycles. The molecule has 4 N–H and O–H groups in total. The smallest absolute Gasteiger partial charge is 0.252 e. The molecule has 9 heteroatoms. The first kappa shape index (κ1) is 22.1. The standard InChI is InChI=1S/C21H21BrN2O5S/c22-15-4-5-17(25)18(10-15)30(28,29)11-13-8-14(9-16(19(13)26)20(24)27)21(12-23)6-2-1-3-7-21/h4-5,8-10,25-26H,1-3,6-7,11H2,(H2,24,27). The van der Waals surface area contributed by atoms with Crippen LogP contribution in [0.3, 0.4) is 0 Å². The van der Waals surface area contributed by atoms with Crippen LogP contribution in [-0.4, -0.2) is 24.5 Å². The Morgan fingerprint density at radius 2 is 1.83 bits per heavy atom. The zero-order chi connectivity index (χ0) is 22.1. The number of benzene rings is 2. The molecule has 0 bridgehead atoms. The van der Waals surface area contributed by atoms with Crippen LogP contribution in [0.4, 0.5) is 0 Å². The first-order valence-electron chi connectivity index (χ1n) is 9.38. The monoisotopic (exact) mass is 492 g/mol. The Labute approximate surface area is 183 Å². The molecular weight excluding hydrogens is 472 g/mol. The van der Waals surface area contributed by atoms with E-state index in [0.29, 0.717) is 22.9 Å². The van der Waals surface area contributed by atoms with Crippen LogP contribution < -0.4 is 5.73 Å². The molecule has 0 radical (unpaired) electrons. The molecule has 0 atom stereocenters. The maximum Gasteiger partial charge on any atom is 0.252 e. The Hall–Kier alpha value is -2.57. The molecule has 0 spiro atoms. The van der Waals surface area contributed by atoms with Gasteiger partial charge < -0.3 is 15.9 Å². The summed E-state index contributed by atoms with van der Waals surface area (Å²) < 4.78 is 26.4. The molecule has 158 valence electrons. The van der Waals surface area contributed by atoms with E-state index in [0.717, 1.165) is 19.3 Å². The maximum atomic E-state index is 13.0. The van der Waals surface area contributed by atoms with Gasteiger partial charge in [0.15, 0.2) is 9.84 Å². The number of carbonyl (C=O) groups is 1. The molecule has 0 heterocycles. The van der Waals surface area contributed by atoms with Crippen LogP contribution in [0, 0.1) is 11.3 Å². The van der Waals surface area contributed by atoms with Gasteiger partial charge in [0.05, 0.1) is 22.8 Å². The lowest BCUT2D eigenvalue weighted by atomic mass is 9.70. The van der Waals surface area contributed by atoms with Gasteiger partial charge in [-0.05, 0) is 48.7 Å². The topological polar surface area (TPSA) is 141 Å². The number of phenols is 2. The minimum Gasteiger partial charge on any atom is -0.507 e. The number of carbonyl (C=O) groups excluding carboxylic acids is 1. The number of nitrogens with zero attached hydrogens (tertiary/aromatic N) is 1. The molecular formula is C21H21BrN2O5S. The van der Waals surface area contributed by atoms with Crippen LogP contribution in [0.2, 0.25) is 0 Å². The van der Waals surface area contributed by atoms with Crippen LogP contribution in [0.15, 0.2) is 39.7 Å². The van der Waals surface area contributed by atoms with Gasteiger partial charge in [0.1, 0.15) is 16.4 Å². The molecule has 0 aliphatic heterocycles. The SMILES string of the molecule is N#CC1(c2cc(CS(=O)(=O)c3cc(Br)ccc3O)c(O)c(C(N)=O)c2)CCCCC1. The van der Waals surface area contributed by atoms with Gasteiger partial charge in [-0.2, -0.15) is 5.26 Å². The molecule has 1 fully saturated rings. The zero-order valence-corrected chi connectivity index (χ0v) is 18.5. The molecule has 1 amide bonds. The number of phenolic OH excluding ortho intramolecular Hbond substituents is 1. The van der Waals surface area contributed by atoms with E-state index in [2.05, 4.69) is 22.0 Å². The first-order chi connectivity index (χ1) is 14.1. The summed E-state index contributed by atoms with van der Waals surface area (Å²) in [5, 5.41) is 30.4. The second kappa shape index (κ2) is 8.28. The van der Waals surface area contributed by atoms with Crippen LogP contribution in [0.25, 0.3) is 0 Å². The molecule has 3 rings (SSSR count). The average molecular weight is 493 g/mol. The lowest BCUT2D eigenvalue weighted by molar-refractivity contribution is 0.0997. The Bertz CT molecular complexity index is 1150. The maximum absolute atomic E-state index is 13.0. The number of aromatic hydroxyl groups is 2. The van der Waals surface area contributed by atoms with E-state index in [1.165, 1.54) is 30.3 Å². The highest BCUT2D eigenvalue weighted by Crippen LogP contribution is 2.42. The lowest BCUT2D eigenvalue weighted by Crippen LogP contribution is -2.28. The number of sulfone groups is 1. The molecule has 2 aromatic rings. The third-order valence-corrected chi connectivity index (χ3v) is 7.71. The normalized spacial score (nSPS) is 16.0. The first-order valence-corrected chi connectivity index (χ1v) is 11.8. The second-order valence-corrected chi connectivity index (χ2v) is 10.4. The number of nitrogens with two attached hydrogens (primary N) is 1. The van der Waals surface area contributed by atoms with Crippen molar-refractivity contribution in [2.45, 2.75) is 48.2 Å². The van der Waals surface area contributed by atoms with E-state index >= 15 is 0 Å². The van der Waals surface area contributed by atoms with E-state index in [9.17, 15) is 28.7 Å². The van der Waals surface area contributed by atoms with Crippen LogP contribution >= 0.6 is 15.9 Å². The summed E-state index contributed by atoms with van der Waals surface area (Å²) >= 11 is 3.18. The van der Waals surface area contributed by atoms with E-state index in [1.807, 2.05) is 0 Å². The third-order valence-electron chi connectivity index (χ3n) is 5.53. The Morgan fingerprint density at radius 1 is 1.17 bits per heavy atom. The molecule has 0 saturated heterocycles. The van der Waals surface area contributed by atoms with Crippen molar-refractivity contribution in [3.63, 3.8) is 0 Å². The van der Waals surface area contributed by atoms with Crippen LogP contribution in [0.1, 0.15) is 53.6 Å². The zero-order valence-electron chi connectivity index (χ0n) is 16.1. The number of nitriles is 1. The molecule has 1 aliphatic carbocycles. The van der Waals surface area contributed by atoms with Gasteiger partial charge >= 0.3 is 0 Å². The Balaban J connectivity index is 2.15. The summed E-state index contributed by atoms with van der Waals surface area (Å²) in [4.78, 5) is 11.6. The van der Waals surface area contributed by atoms with Gasteiger partial charge in [0.2, 0.25) is 0 Å². The number of hydrogen-bond acceptors (Lipinski definition) is 6. The number of amides is 1. The van der Waals surface area contributed by atoms with E-state index < -0.39 is 38.4 Å². The number of halogens is 1. The third kappa shape index (κ3) is 4.16. The van der Waals surface area contributed by atoms with Crippen molar-refractivity contribution in [3.8, 4) is 17.6 Å². The van der Waals surface area contributed by atoms with E-state index in [-0.39, 0.29) is 16.0 Å². The van der Waals surface area contributed by atoms with Crippen LogP contribution in [-0.2, 0) is 21.0 Å². The summed E-state index contributed by atoms with van der Waals surface area (Å²) in [5.41, 5.74) is 4.75. The van der Waals surface area contributed by atoms with Crippen molar-refractivity contribution in [1.29, 1.82) is 5.26 Å². The highest BCUT2D eigenvalue weighted by molar-refractivity contribution is 9.10. The minimum absolute atomic E-state index is 0.0409. The van der Waals surface area contributed by atoms with Crippen molar-refractivity contribution < 1.29 is 23.4 Å². The van der Waals surface area contributed by atoms with Gasteiger partial charge in [-0.3, -0.25) is 4.79 Å². The Morgan fingerprint density at radius 3 is 2.43 bits per heavy atom. The summed E-state index contributed by atoms with van der Waals surface area (Å²) in [6.07, 6.45) is 3.81. The Kier molecular flexibility index (Phi) is 6.11. The van der Waals surface area contributed by atoms with Gasteiger partial charge in [-0.15, -0.1) is 0 Å². The van der Waals surface area contributed by atoms with Gasteiger partial charge in [0.25, 0.3) is 5.91 Å². The van der Waals surface area contributed by atoms with E-state index in [4.69, 9.17) is 5.73 Å². The number of primary amides is 1. The minimum atomic E-state index is -4.08. The number of hydrogen-bond donors (Lipinski definition) is 3. The van der Waals surface area contributed by atoms with Crippen molar-refractivity contribution in [2.75, 3.05) is 0 Å². The van der Waals surface area contributed by atoms with Crippen molar-refractivity contribution >= 4 is 31.7 Å². The predicted octanol–water partition coefficient (Wildman–Crippen LogP) is 3.66. The molecule has 0 aromatic heterocycles. The summed E-state index contributed by atoms with van der Waals surface area (Å²) in [7, 11) is -4.08. The van der Waals surface area contributed by atoms with Crippen molar-refractivity contribution in [3.05, 3.63) is 51.5 Å². The lowest BCUT2D eigenvalue weighted by Gasteiger charge is -2.32. The highest BCUT2D eigenvalue weighted by Gasteiger charge is 2.36. The molecule has 2 aromatic carbocycles. The van der Waals surface area contributed by atoms with Crippen molar-refractivity contribution in [1.82, 2.24) is 0 Å². The predicted molar refractivity (Wildman–Crippen MR) is 114 cm³/mol. The fourth-order valence-electron chi connectivity index (χ4n) is 3.91. The average Bonchev–Trinajstić information content (AvgIpc) is 2.71. The molecule has 30 heavy (non-hydrogen) atoms. The molecule has 7 nitrogen and oxygen atoms in total. The van der Waals surface area contributed by atoms with Gasteiger partial charge in [-0.25, -0.2) is 8.42 Å². The second-order valence-electron chi connectivity index (χ2n) is 7.52. The largest absolute Gasteiger partial charge is 0.507 e. The fraction of sp³-hybridized carbons (Fsp3) is 0.333. The van der Waals surface area contributed by atoms with Crippen molar-refractivity contribution in [2.24, 2.45) is 5.73 Å². The summed E-state index contributed by atoms with van der Waals surface area (Å²) in [6, 6.07) is 9.18. The summed E-state index contributed by atoms with van der Waals surface area (Å²) in [5.74, 6) is -2.54.